The third kappa shape index (κ3) is 3.52. The maximum absolute atomic E-state index is 12.2. The van der Waals surface area contributed by atoms with E-state index in [4.69, 9.17) is 11.6 Å². The summed E-state index contributed by atoms with van der Waals surface area (Å²) in [5.74, 6) is -0.0811. The minimum atomic E-state index is -0.169. The van der Waals surface area contributed by atoms with E-state index in [1.54, 1.807) is 30.0 Å². The fraction of sp³-hybridized carbons (Fsp3) is 0.429. The maximum atomic E-state index is 12.2. The van der Waals surface area contributed by atoms with E-state index in [2.05, 4.69) is 21.2 Å². The van der Waals surface area contributed by atoms with Crippen LogP contribution >= 0.6 is 27.5 Å². The molecule has 20 heavy (non-hydrogen) atoms. The Morgan fingerprint density at radius 3 is 2.60 bits per heavy atom. The van der Waals surface area contributed by atoms with Gasteiger partial charge < -0.3 is 10.2 Å². The van der Waals surface area contributed by atoms with E-state index in [1.807, 2.05) is 0 Å². The fourth-order valence-electron chi connectivity index (χ4n) is 2.28. The van der Waals surface area contributed by atoms with Crippen molar-refractivity contribution in [2.24, 2.45) is 0 Å². The average molecular weight is 360 g/mol. The second-order valence-electron chi connectivity index (χ2n) is 4.86. The van der Waals surface area contributed by atoms with Crippen molar-refractivity contribution in [3.8, 4) is 0 Å². The van der Waals surface area contributed by atoms with Crippen LogP contribution in [-0.2, 0) is 4.79 Å². The Labute approximate surface area is 131 Å². The number of rotatable bonds is 2. The van der Waals surface area contributed by atoms with Crippen molar-refractivity contribution in [1.82, 2.24) is 10.2 Å². The van der Waals surface area contributed by atoms with Gasteiger partial charge >= 0.3 is 0 Å². The van der Waals surface area contributed by atoms with Crippen LogP contribution < -0.4 is 5.32 Å². The van der Waals surface area contributed by atoms with Crippen LogP contribution in [-0.4, -0.2) is 35.8 Å². The molecule has 0 aliphatic carbocycles. The normalized spacial score (nSPS) is 16.1. The maximum Gasteiger partial charge on any atom is 0.253 e. The number of carbonyl (C=O) groups is 2. The Bertz CT molecular complexity index is 528. The van der Waals surface area contributed by atoms with Crippen LogP contribution in [0.3, 0.4) is 0 Å². The predicted octanol–water partition coefficient (Wildman–Crippen LogP) is 2.84. The lowest BCUT2D eigenvalue weighted by atomic mass is 10.0. The van der Waals surface area contributed by atoms with E-state index in [9.17, 15) is 9.59 Å². The van der Waals surface area contributed by atoms with Gasteiger partial charge in [0.1, 0.15) is 0 Å². The molecule has 0 spiro atoms. The molecular weight excluding hydrogens is 344 g/mol. The number of likely N-dealkylation sites (tertiary alicyclic amines) is 1. The van der Waals surface area contributed by atoms with E-state index < -0.39 is 0 Å². The predicted molar refractivity (Wildman–Crippen MR) is 81.9 cm³/mol. The molecule has 108 valence electrons. The second kappa shape index (κ2) is 6.59. The van der Waals surface area contributed by atoms with Crippen LogP contribution in [0, 0.1) is 0 Å². The highest BCUT2D eigenvalue weighted by Gasteiger charge is 2.23. The van der Waals surface area contributed by atoms with Crippen LogP contribution in [0.15, 0.2) is 22.7 Å². The van der Waals surface area contributed by atoms with Crippen molar-refractivity contribution >= 4 is 39.3 Å². The molecule has 1 N–H and O–H groups in total. The molecule has 0 radical (unpaired) electrons. The molecule has 0 unspecified atom stereocenters. The first kappa shape index (κ1) is 15.3. The Kier molecular flexibility index (Phi) is 5.05. The molecule has 4 nitrogen and oxygen atoms in total. The smallest absolute Gasteiger partial charge is 0.253 e. The van der Waals surface area contributed by atoms with Crippen molar-refractivity contribution in [3.63, 3.8) is 0 Å². The number of amides is 2. The van der Waals surface area contributed by atoms with Gasteiger partial charge in [-0.05, 0) is 40.9 Å². The zero-order valence-electron chi connectivity index (χ0n) is 11.2. The quantitative estimate of drug-likeness (QED) is 0.883. The largest absolute Gasteiger partial charge is 0.349 e. The number of halogens is 2. The molecule has 0 saturated carbocycles. The van der Waals surface area contributed by atoms with Gasteiger partial charge in [0.25, 0.3) is 5.91 Å². The minimum absolute atomic E-state index is 0.0878. The Morgan fingerprint density at radius 2 is 2.00 bits per heavy atom. The molecule has 1 aromatic carbocycles. The summed E-state index contributed by atoms with van der Waals surface area (Å²) in [5, 5.41) is 3.40. The van der Waals surface area contributed by atoms with Crippen LogP contribution in [0.2, 0.25) is 5.02 Å². The second-order valence-corrected chi connectivity index (χ2v) is 6.09. The number of nitrogens with zero attached hydrogens (tertiary/aromatic N) is 1. The van der Waals surface area contributed by atoms with Gasteiger partial charge in [0.15, 0.2) is 0 Å². The van der Waals surface area contributed by atoms with Gasteiger partial charge in [0, 0.05) is 30.5 Å². The van der Waals surface area contributed by atoms with Gasteiger partial charge in [0.2, 0.25) is 5.91 Å². The molecule has 1 fully saturated rings. The minimum Gasteiger partial charge on any atom is -0.349 e. The van der Waals surface area contributed by atoms with Gasteiger partial charge in [-0.3, -0.25) is 9.59 Å². The number of hydrogen-bond donors (Lipinski definition) is 1. The van der Waals surface area contributed by atoms with Crippen molar-refractivity contribution in [2.45, 2.75) is 25.8 Å². The van der Waals surface area contributed by atoms with Crippen molar-refractivity contribution < 1.29 is 9.59 Å². The monoisotopic (exact) mass is 358 g/mol. The van der Waals surface area contributed by atoms with E-state index in [1.165, 1.54) is 0 Å². The van der Waals surface area contributed by atoms with Crippen LogP contribution in [0.4, 0.5) is 0 Å². The fourth-order valence-corrected chi connectivity index (χ4v) is 2.86. The molecule has 1 heterocycles. The SMILES string of the molecule is CC(=O)N1CCC(NC(=O)c2cccc(Br)c2Cl)CC1. The molecule has 1 aliphatic heterocycles. The molecule has 0 bridgehead atoms. The summed E-state index contributed by atoms with van der Waals surface area (Å²) in [5.41, 5.74) is 0.468. The molecular formula is C14H16BrClN2O2. The number of carbonyl (C=O) groups excluding carboxylic acids is 2. The summed E-state index contributed by atoms with van der Waals surface area (Å²) in [6, 6.07) is 5.37. The molecule has 1 aromatic rings. The third-order valence-electron chi connectivity index (χ3n) is 3.47. The zero-order valence-corrected chi connectivity index (χ0v) is 13.5. The molecule has 2 rings (SSSR count). The summed E-state index contributed by atoms with van der Waals surface area (Å²) in [6.07, 6.45) is 1.55. The van der Waals surface area contributed by atoms with Crippen LogP contribution in [0.5, 0.6) is 0 Å². The van der Waals surface area contributed by atoms with Gasteiger partial charge in [0.05, 0.1) is 10.6 Å². The number of piperidine rings is 1. The van der Waals surface area contributed by atoms with E-state index in [0.29, 0.717) is 28.1 Å². The molecule has 0 atom stereocenters. The van der Waals surface area contributed by atoms with Gasteiger partial charge in [-0.2, -0.15) is 0 Å². The topological polar surface area (TPSA) is 49.4 Å². The van der Waals surface area contributed by atoms with E-state index in [0.717, 1.165) is 12.8 Å². The molecule has 6 heteroatoms. The van der Waals surface area contributed by atoms with Crippen LogP contribution in [0.25, 0.3) is 0 Å². The summed E-state index contributed by atoms with van der Waals surface area (Å²) in [7, 11) is 0. The Morgan fingerprint density at radius 1 is 1.35 bits per heavy atom. The third-order valence-corrected chi connectivity index (χ3v) is 4.77. The van der Waals surface area contributed by atoms with Crippen molar-refractivity contribution in [1.29, 1.82) is 0 Å². The average Bonchev–Trinajstić information content (AvgIpc) is 2.42. The number of benzene rings is 1. The highest BCUT2D eigenvalue weighted by molar-refractivity contribution is 9.10. The van der Waals surface area contributed by atoms with Crippen molar-refractivity contribution in [3.05, 3.63) is 33.3 Å². The first-order valence-electron chi connectivity index (χ1n) is 6.49. The molecule has 2 amide bonds. The Hall–Kier alpha value is -1.07. The number of hydrogen-bond acceptors (Lipinski definition) is 2. The lowest BCUT2D eigenvalue weighted by molar-refractivity contribution is -0.129. The zero-order chi connectivity index (χ0) is 14.7. The highest BCUT2D eigenvalue weighted by atomic mass is 79.9. The summed E-state index contributed by atoms with van der Waals surface area (Å²) in [6.45, 7) is 2.94. The summed E-state index contributed by atoms with van der Waals surface area (Å²) >= 11 is 9.42. The first-order chi connectivity index (χ1) is 9.49. The van der Waals surface area contributed by atoms with Gasteiger partial charge in [-0.25, -0.2) is 0 Å². The Balaban J connectivity index is 1.96. The van der Waals surface area contributed by atoms with Gasteiger partial charge in [-0.15, -0.1) is 0 Å². The summed E-state index contributed by atoms with van der Waals surface area (Å²) in [4.78, 5) is 25.3. The standard InChI is InChI=1S/C14H16BrClN2O2/c1-9(19)18-7-5-10(6-8-18)17-14(20)11-3-2-4-12(15)13(11)16/h2-4,10H,5-8H2,1H3,(H,17,20). The lowest BCUT2D eigenvalue weighted by Gasteiger charge is -2.31. The molecule has 1 aliphatic rings. The first-order valence-corrected chi connectivity index (χ1v) is 7.66. The van der Waals surface area contributed by atoms with Crippen LogP contribution in [0.1, 0.15) is 30.1 Å². The lowest BCUT2D eigenvalue weighted by Crippen LogP contribution is -2.46. The molecule has 0 aromatic heterocycles. The van der Waals surface area contributed by atoms with Crippen molar-refractivity contribution in [2.75, 3.05) is 13.1 Å². The van der Waals surface area contributed by atoms with Gasteiger partial charge in [-0.1, -0.05) is 17.7 Å². The van der Waals surface area contributed by atoms with E-state index >= 15 is 0 Å². The number of nitrogens with one attached hydrogen (secondary N) is 1. The highest BCUT2D eigenvalue weighted by Crippen LogP contribution is 2.26. The molecule has 1 saturated heterocycles. The van der Waals surface area contributed by atoms with E-state index in [-0.39, 0.29) is 17.9 Å². The summed E-state index contributed by atoms with van der Waals surface area (Å²) < 4.78 is 0.707.